The Hall–Kier alpha value is -2.85. The zero-order valence-electron chi connectivity index (χ0n) is 17.3. The molecule has 4 nitrogen and oxygen atoms in total. The smallest absolute Gasteiger partial charge is 0.254 e. The van der Waals surface area contributed by atoms with Crippen LogP contribution in [0.2, 0.25) is 0 Å². The van der Waals surface area contributed by atoms with Gasteiger partial charge in [0.1, 0.15) is 0 Å². The van der Waals surface area contributed by atoms with E-state index in [9.17, 15) is 4.79 Å². The average molecular weight is 400 g/mol. The number of rotatable bonds is 6. The molecular formula is C26H29N3O. The maximum Gasteiger partial charge on any atom is 0.254 e. The maximum absolute atomic E-state index is 12.7. The minimum atomic E-state index is 0.206. The van der Waals surface area contributed by atoms with Crippen LogP contribution in [0.25, 0.3) is 0 Å². The van der Waals surface area contributed by atoms with E-state index in [-0.39, 0.29) is 5.91 Å². The molecule has 3 aromatic rings. The molecule has 4 heteroatoms. The number of nitrogens with zero attached hydrogens (tertiary/aromatic N) is 2. The summed E-state index contributed by atoms with van der Waals surface area (Å²) in [5.41, 5.74) is 4.77. The van der Waals surface area contributed by atoms with Crippen molar-refractivity contribution in [3.05, 3.63) is 95.3 Å². The summed E-state index contributed by atoms with van der Waals surface area (Å²) < 4.78 is 2.36. The largest absolute Gasteiger partial charge is 0.347 e. The minimum Gasteiger partial charge on any atom is -0.347 e. The second-order valence-corrected chi connectivity index (χ2v) is 8.70. The van der Waals surface area contributed by atoms with Crippen LogP contribution < -0.4 is 5.32 Å². The van der Waals surface area contributed by atoms with E-state index in [1.54, 1.807) is 0 Å². The molecule has 2 aliphatic heterocycles. The van der Waals surface area contributed by atoms with E-state index in [4.69, 9.17) is 0 Å². The van der Waals surface area contributed by atoms with Gasteiger partial charge in [-0.25, -0.2) is 0 Å². The Kier molecular flexibility index (Phi) is 5.41. The van der Waals surface area contributed by atoms with E-state index >= 15 is 0 Å². The van der Waals surface area contributed by atoms with Gasteiger partial charge in [0.05, 0.1) is 0 Å². The molecule has 0 spiro atoms. The lowest BCUT2D eigenvalue weighted by atomic mass is 9.89. The van der Waals surface area contributed by atoms with Crippen LogP contribution in [0.1, 0.15) is 40.0 Å². The molecule has 2 unspecified atom stereocenters. The second-order valence-electron chi connectivity index (χ2n) is 8.70. The van der Waals surface area contributed by atoms with Crippen molar-refractivity contribution in [2.75, 3.05) is 13.1 Å². The fraction of sp³-hybridized carbons (Fsp3) is 0.346. The summed E-state index contributed by atoms with van der Waals surface area (Å²) in [7, 11) is 0. The predicted molar refractivity (Wildman–Crippen MR) is 119 cm³/mol. The van der Waals surface area contributed by atoms with E-state index in [0.29, 0.717) is 12.0 Å². The van der Waals surface area contributed by atoms with Crippen LogP contribution in [0, 0.1) is 5.92 Å². The van der Waals surface area contributed by atoms with Gasteiger partial charge in [-0.2, -0.15) is 0 Å². The van der Waals surface area contributed by atoms with Crippen molar-refractivity contribution in [3.8, 4) is 0 Å². The molecule has 2 aliphatic rings. The number of fused-ring (bicyclic) bond motifs is 1. The molecule has 0 saturated carbocycles. The second kappa shape index (κ2) is 8.49. The Balaban J connectivity index is 1.20. The number of carbonyl (C=O) groups excluding carboxylic acids is 1. The quantitative estimate of drug-likeness (QED) is 0.678. The first-order chi connectivity index (χ1) is 14.8. The molecule has 2 aromatic carbocycles. The fourth-order valence-electron chi connectivity index (χ4n) is 5.01. The van der Waals surface area contributed by atoms with Gasteiger partial charge in [-0.05, 0) is 54.6 Å². The van der Waals surface area contributed by atoms with Gasteiger partial charge >= 0.3 is 0 Å². The first kappa shape index (κ1) is 19.1. The van der Waals surface area contributed by atoms with Gasteiger partial charge in [0.2, 0.25) is 0 Å². The van der Waals surface area contributed by atoms with Gasteiger partial charge in [0.15, 0.2) is 0 Å². The van der Waals surface area contributed by atoms with Gasteiger partial charge in [-0.15, -0.1) is 0 Å². The van der Waals surface area contributed by atoms with Crippen molar-refractivity contribution < 1.29 is 4.79 Å². The Morgan fingerprint density at radius 3 is 2.67 bits per heavy atom. The van der Waals surface area contributed by atoms with Gasteiger partial charge in [0, 0.05) is 49.6 Å². The van der Waals surface area contributed by atoms with Crippen molar-refractivity contribution in [3.63, 3.8) is 0 Å². The monoisotopic (exact) mass is 399 g/mol. The van der Waals surface area contributed by atoms with E-state index in [2.05, 4.69) is 69.5 Å². The summed E-state index contributed by atoms with van der Waals surface area (Å²) >= 11 is 0. The van der Waals surface area contributed by atoms with Crippen LogP contribution in [0.5, 0.6) is 0 Å². The van der Waals surface area contributed by atoms with Crippen LogP contribution in [-0.2, 0) is 19.5 Å². The lowest BCUT2D eigenvalue weighted by Gasteiger charge is -2.33. The van der Waals surface area contributed by atoms with Gasteiger partial charge in [0.25, 0.3) is 5.91 Å². The lowest BCUT2D eigenvalue weighted by molar-refractivity contribution is 0.0732. The van der Waals surface area contributed by atoms with Crippen molar-refractivity contribution in [1.82, 2.24) is 14.8 Å². The van der Waals surface area contributed by atoms with Gasteiger partial charge < -0.3 is 14.8 Å². The number of piperidine rings is 1. The lowest BCUT2D eigenvalue weighted by Crippen LogP contribution is -2.43. The summed E-state index contributed by atoms with van der Waals surface area (Å²) in [5.74, 6) is 0.768. The zero-order chi connectivity index (χ0) is 20.3. The molecule has 0 bridgehead atoms. The SMILES string of the molecule is O=C1c2ccccc2CN1CC1CCNC(Cc2cccn2Cc2ccccc2)C1. The van der Waals surface area contributed by atoms with Crippen molar-refractivity contribution in [2.45, 2.75) is 38.4 Å². The topological polar surface area (TPSA) is 37.3 Å². The van der Waals surface area contributed by atoms with Gasteiger partial charge in [-0.3, -0.25) is 4.79 Å². The summed E-state index contributed by atoms with van der Waals surface area (Å²) in [5, 5.41) is 3.71. The Morgan fingerprint density at radius 2 is 1.80 bits per heavy atom. The third-order valence-electron chi connectivity index (χ3n) is 6.55. The number of amides is 1. The molecule has 3 heterocycles. The molecule has 5 rings (SSSR count). The van der Waals surface area contributed by atoms with Crippen molar-refractivity contribution in [1.29, 1.82) is 0 Å². The molecule has 0 radical (unpaired) electrons. The molecule has 1 saturated heterocycles. The Labute approximate surface area is 178 Å². The zero-order valence-corrected chi connectivity index (χ0v) is 17.3. The first-order valence-electron chi connectivity index (χ1n) is 11.0. The highest BCUT2D eigenvalue weighted by molar-refractivity contribution is 5.98. The summed E-state index contributed by atoms with van der Waals surface area (Å²) in [6.45, 7) is 3.59. The highest BCUT2D eigenvalue weighted by atomic mass is 16.2. The molecule has 1 aromatic heterocycles. The van der Waals surface area contributed by atoms with E-state index in [1.165, 1.54) is 16.8 Å². The van der Waals surface area contributed by atoms with Crippen LogP contribution >= 0.6 is 0 Å². The molecule has 30 heavy (non-hydrogen) atoms. The number of nitrogens with one attached hydrogen (secondary N) is 1. The van der Waals surface area contributed by atoms with Crippen molar-refractivity contribution in [2.24, 2.45) is 5.92 Å². The van der Waals surface area contributed by atoms with Crippen LogP contribution in [0.4, 0.5) is 0 Å². The highest BCUT2D eigenvalue weighted by Gasteiger charge is 2.31. The number of carbonyl (C=O) groups is 1. The summed E-state index contributed by atoms with van der Waals surface area (Å²) in [6, 6.07) is 23.5. The molecule has 154 valence electrons. The third kappa shape index (κ3) is 4.05. The average Bonchev–Trinajstić information content (AvgIpc) is 3.33. The maximum atomic E-state index is 12.7. The summed E-state index contributed by atoms with van der Waals surface area (Å²) in [6.07, 6.45) is 5.48. The molecule has 2 atom stereocenters. The predicted octanol–water partition coefficient (Wildman–Crippen LogP) is 4.10. The normalized spacial score (nSPS) is 21.1. The Bertz CT molecular complexity index is 1010. The number of benzene rings is 2. The molecule has 0 aliphatic carbocycles. The molecular weight excluding hydrogens is 370 g/mol. The molecule has 1 fully saturated rings. The van der Waals surface area contributed by atoms with Crippen LogP contribution in [-0.4, -0.2) is 34.5 Å². The molecule has 1 amide bonds. The van der Waals surface area contributed by atoms with E-state index in [1.807, 2.05) is 18.2 Å². The Morgan fingerprint density at radius 1 is 0.967 bits per heavy atom. The highest BCUT2D eigenvalue weighted by Crippen LogP contribution is 2.27. The standard InChI is InChI=1S/C26H29N3O/c30-26-25-11-5-4-9-22(25)19-29(26)18-21-12-13-27-23(15-21)16-24-10-6-14-28(24)17-20-7-2-1-3-8-20/h1-11,14,21,23,27H,12-13,15-19H2. The van der Waals surface area contributed by atoms with E-state index < -0.39 is 0 Å². The van der Waals surface area contributed by atoms with Crippen LogP contribution in [0.3, 0.4) is 0 Å². The minimum absolute atomic E-state index is 0.206. The molecule has 1 N–H and O–H groups in total. The number of hydrogen-bond acceptors (Lipinski definition) is 2. The third-order valence-corrected chi connectivity index (χ3v) is 6.55. The first-order valence-corrected chi connectivity index (χ1v) is 11.0. The van der Waals surface area contributed by atoms with E-state index in [0.717, 1.165) is 51.0 Å². The van der Waals surface area contributed by atoms with Crippen LogP contribution in [0.15, 0.2) is 72.9 Å². The van der Waals surface area contributed by atoms with Gasteiger partial charge in [-0.1, -0.05) is 48.5 Å². The fourth-order valence-corrected chi connectivity index (χ4v) is 5.01. The number of aromatic nitrogens is 1. The summed E-state index contributed by atoms with van der Waals surface area (Å²) in [4.78, 5) is 14.8. The number of hydrogen-bond donors (Lipinski definition) is 1. The van der Waals surface area contributed by atoms with Crippen molar-refractivity contribution >= 4 is 5.91 Å².